The molecule has 2 fully saturated rings. The molecule has 0 unspecified atom stereocenters. The lowest BCUT2D eigenvalue weighted by Gasteiger charge is -2.50. The number of hydrogen-bond acceptors (Lipinski definition) is 2. The second-order valence-electron chi connectivity index (χ2n) is 5.31. The van der Waals surface area contributed by atoms with Gasteiger partial charge in [-0.3, -0.25) is 4.79 Å². The highest BCUT2D eigenvalue weighted by Crippen LogP contribution is 2.51. The number of aliphatic hydroxyl groups excluding tert-OH is 1. The molecule has 0 saturated heterocycles. The Bertz CT molecular complexity index is 249. The van der Waals surface area contributed by atoms with Gasteiger partial charge in [0.1, 0.15) is 5.78 Å². The smallest absolute Gasteiger partial charge is 0.136 e. The fourth-order valence-corrected chi connectivity index (χ4v) is 3.46. The Kier molecular flexibility index (Phi) is 2.42. The number of carbonyl (C=O) groups excluding carboxylic acids is 1. The Morgan fingerprint density at radius 2 is 2.14 bits per heavy atom. The third-order valence-electron chi connectivity index (χ3n) is 4.62. The normalized spacial score (nSPS) is 48.8. The Balaban J connectivity index is 2.25. The van der Waals surface area contributed by atoms with Gasteiger partial charge in [0, 0.05) is 12.3 Å². The molecule has 14 heavy (non-hydrogen) atoms. The Morgan fingerprint density at radius 3 is 2.86 bits per heavy atom. The zero-order chi connectivity index (χ0) is 10.3. The second-order valence-corrected chi connectivity index (χ2v) is 5.31. The van der Waals surface area contributed by atoms with Crippen LogP contribution in [0.4, 0.5) is 0 Å². The van der Waals surface area contributed by atoms with Crippen LogP contribution in [0, 0.1) is 17.3 Å². The quantitative estimate of drug-likeness (QED) is 0.644. The molecule has 0 aromatic rings. The topological polar surface area (TPSA) is 37.3 Å². The van der Waals surface area contributed by atoms with Gasteiger partial charge in [-0.15, -0.1) is 0 Å². The second kappa shape index (κ2) is 3.34. The molecule has 2 aliphatic rings. The van der Waals surface area contributed by atoms with Crippen LogP contribution in [0.15, 0.2) is 0 Å². The first-order valence-corrected chi connectivity index (χ1v) is 5.76. The molecule has 2 aliphatic carbocycles. The fraction of sp³-hybridized carbons (Fsp3) is 0.917. The van der Waals surface area contributed by atoms with Gasteiger partial charge in [0.05, 0.1) is 6.10 Å². The zero-order valence-electron chi connectivity index (χ0n) is 9.12. The molecule has 2 saturated carbocycles. The third-order valence-corrected chi connectivity index (χ3v) is 4.62. The number of ketones is 1. The predicted octanol–water partition coefficient (Wildman–Crippen LogP) is 2.15. The lowest BCUT2D eigenvalue weighted by atomic mass is 9.55. The average molecular weight is 196 g/mol. The van der Waals surface area contributed by atoms with E-state index >= 15 is 0 Å². The molecule has 0 aromatic heterocycles. The average Bonchev–Trinajstić information content (AvgIpc) is 2.16. The maximum atomic E-state index is 11.6. The summed E-state index contributed by atoms with van der Waals surface area (Å²) >= 11 is 0. The summed E-state index contributed by atoms with van der Waals surface area (Å²) in [7, 11) is 0. The van der Waals surface area contributed by atoms with Crippen molar-refractivity contribution < 1.29 is 9.90 Å². The number of Topliss-reactive ketones (excluding diaryl/α,β-unsaturated/α-hetero) is 1. The van der Waals surface area contributed by atoms with E-state index in [0.29, 0.717) is 18.1 Å². The molecular formula is C12H20O2. The van der Waals surface area contributed by atoms with Gasteiger partial charge in [-0.2, -0.15) is 0 Å². The Morgan fingerprint density at radius 1 is 1.43 bits per heavy atom. The summed E-state index contributed by atoms with van der Waals surface area (Å²) in [6.45, 7) is 4.22. The first-order chi connectivity index (χ1) is 6.55. The highest BCUT2D eigenvalue weighted by Gasteiger charge is 2.49. The van der Waals surface area contributed by atoms with Crippen molar-refractivity contribution in [1.29, 1.82) is 0 Å². The van der Waals surface area contributed by atoms with Crippen LogP contribution < -0.4 is 0 Å². The van der Waals surface area contributed by atoms with Crippen LogP contribution in [0.5, 0.6) is 0 Å². The van der Waals surface area contributed by atoms with Crippen LogP contribution in [0.3, 0.4) is 0 Å². The molecule has 1 N–H and O–H groups in total. The third kappa shape index (κ3) is 1.31. The zero-order valence-corrected chi connectivity index (χ0v) is 9.12. The molecular weight excluding hydrogens is 176 g/mol. The van der Waals surface area contributed by atoms with Gasteiger partial charge in [0.25, 0.3) is 0 Å². The maximum absolute atomic E-state index is 11.6. The monoisotopic (exact) mass is 196 g/mol. The van der Waals surface area contributed by atoms with Crippen molar-refractivity contribution in [2.45, 2.75) is 52.1 Å². The molecule has 2 rings (SSSR count). The van der Waals surface area contributed by atoms with E-state index in [1.165, 1.54) is 0 Å². The summed E-state index contributed by atoms with van der Waals surface area (Å²) < 4.78 is 0. The van der Waals surface area contributed by atoms with Crippen molar-refractivity contribution in [2.75, 3.05) is 0 Å². The van der Waals surface area contributed by atoms with E-state index < -0.39 is 0 Å². The standard InChI is InChI=1S/C12H20O2/c1-8-9-4-3-5-11(14)12(9,2)7-6-10(8)13/h8-9,11,14H,3-7H2,1-2H3/t8-,9-,11-,12-/m1/s1. The van der Waals surface area contributed by atoms with E-state index in [1.54, 1.807) is 0 Å². The fourth-order valence-electron chi connectivity index (χ4n) is 3.46. The molecule has 0 aromatic carbocycles. The summed E-state index contributed by atoms with van der Waals surface area (Å²) in [5.41, 5.74) is 0.0194. The van der Waals surface area contributed by atoms with E-state index in [2.05, 4.69) is 6.92 Å². The molecule has 0 bridgehead atoms. The lowest BCUT2D eigenvalue weighted by molar-refractivity contribution is -0.140. The minimum Gasteiger partial charge on any atom is -0.393 e. The van der Waals surface area contributed by atoms with Crippen molar-refractivity contribution in [3.05, 3.63) is 0 Å². The first kappa shape index (κ1) is 10.2. The highest BCUT2D eigenvalue weighted by atomic mass is 16.3. The molecule has 2 nitrogen and oxygen atoms in total. The van der Waals surface area contributed by atoms with Crippen LogP contribution in [0.25, 0.3) is 0 Å². The van der Waals surface area contributed by atoms with Crippen molar-refractivity contribution in [1.82, 2.24) is 0 Å². The molecule has 0 heterocycles. The summed E-state index contributed by atoms with van der Waals surface area (Å²) in [4.78, 5) is 11.6. The van der Waals surface area contributed by atoms with Gasteiger partial charge in [-0.1, -0.05) is 20.3 Å². The van der Waals surface area contributed by atoms with Gasteiger partial charge in [0.15, 0.2) is 0 Å². The van der Waals surface area contributed by atoms with E-state index in [9.17, 15) is 9.90 Å². The van der Waals surface area contributed by atoms with Gasteiger partial charge in [0.2, 0.25) is 0 Å². The van der Waals surface area contributed by atoms with E-state index in [0.717, 1.165) is 25.7 Å². The summed E-state index contributed by atoms with van der Waals surface area (Å²) in [5, 5.41) is 10.1. The maximum Gasteiger partial charge on any atom is 0.136 e. The van der Waals surface area contributed by atoms with Crippen molar-refractivity contribution in [3.8, 4) is 0 Å². The predicted molar refractivity (Wildman–Crippen MR) is 54.9 cm³/mol. The van der Waals surface area contributed by atoms with Crippen molar-refractivity contribution in [3.63, 3.8) is 0 Å². The summed E-state index contributed by atoms with van der Waals surface area (Å²) in [6.07, 6.45) is 4.51. The SMILES string of the molecule is C[C@H]1C(=O)CC[C@@]2(C)[C@H](O)CCC[C@H]12. The van der Waals surface area contributed by atoms with Crippen LogP contribution in [-0.2, 0) is 4.79 Å². The van der Waals surface area contributed by atoms with E-state index in [1.807, 2.05) is 6.92 Å². The van der Waals surface area contributed by atoms with Crippen LogP contribution in [0.2, 0.25) is 0 Å². The number of fused-ring (bicyclic) bond motifs is 1. The number of hydrogen-bond donors (Lipinski definition) is 1. The Hall–Kier alpha value is -0.370. The van der Waals surface area contributed by atoms with Gasteiger partial charge in [-0.05, 0) is 30.6 Å². The van der Waals surface area contributed by atoms with E-state index in [-0.39, 0.29) is 17.4 Å². The largest absolute Gasteiger partial charge is 0.393 e. The molecule has 0 aliphatic heterocycles. The Labute approximate surface area is 85.7 Å². The highest BCUT2D eigenvalue weighted by molar-refractivity contribution is 5.82. The van der Waals surface area contributed by atoms with Crippen molar-refractivity contribution >= 4 is 5.78 Å². The molecule has 0 spiro atoms. The molecule has 4 atom stereocenters. The molecule has 0 amide bonds. The molecule has 0 radical (unpaired) electrons. The van der Waals surface area contributed by atoms with Gasteiger partial charge < -0.3 is 5.11 Å². The summed E-state index contributed by atoms with van der Waals surface area (Å²) in [6, 6.07) is 0. The lowest BCUT2D eigenvalue weighted by Crippen LogP contribution is -2.50. The van der Waals surface area contributed by atoms with Crippen molar-refractivity contribution in [2.24, 2.45) is 17.3 Å². The molecule has 2 heteroatoms. The van der Waals surface area contributed by atoms with Crippen LogP contribution in [-0.4, -0.2) is 17.0 Å². The minimum absolute atomic E-state index is 0.0194. The first-order valence-electron chi connectivity index (χ1n) is 5.76. The van der Waals surface area contributed by atoms with E-state index in [4.69, 9.17) is 0 Å². The van der Waals surface area contributed by atoms with Crippen LogP contribution in [0.1, 0.15) is 46.0 Å². The minimum atomic E-state index is -0.184. The molecule has 80 valence electrons. The number of carbonyl (C=O) groups is 1. The number of rotatable bonds is 0. The van der Waals surface area contributed by atoms with Crippen LogP contribution >= 0.6 is 0 Å². The number of aliphatic hydroxyl groups is 1. The summed E-state index contributed by atoms with van der Waals surface area (Å²) in [5.74, 6) is 0.998. The van der Waals surface area contributed by atoms with Gasteiger partial charge >= 0.3 is 0 Å². The van der Waals surface area contributed by atoms with Gasteiger partial charge in [-0.25, -0.2) is 0 Å².